The molecule has 0 bridgehead atoms. The van der Waals surface area contributed by atoms with E-state index in [1.165, 1.54) is 30.4 Å². The van der Waals surface area contributed by atoms with Crippen LogP contribution in [0.2, 0.25) is 0 Å². The van der Waals surface area contributed by atoms with Crippen LogP contribution in [0, 0.1) is 11.8 Å². The number of benzene rings is 1. The monoisotopic (exact) mass is 368 g/mol. The molecule has 0 spiro atoms. The maximum atomic E-state index is 4.52. The highest BCUT2D eigenvalue weighted by Crippen LogP contribution is 2.28. The molecular formula is C21H32N6. The lowest BCUT2D eigenvalue weighted by molar-refractivity contribution is 0.319. The zero-order valence-electron chi connectivity index (χ0n) is 16.8. The largest absolute Gasteiger partial charge is 0.352 e. The molecule has 27 heavy (non-hydrogen) atoms. The van der Waals surface area contributed by atoms with Crippen molar-refractivity contribution in [3.63, 3.8) is 0 Å². The average Bonchev–Trinajstić information content (AvgIpc) is 3.36. The van der Waals surface area contributed by atoms with Crippen molar-refractivity contribution in [2.24, 2.45) is 16.8 Å². The van der Waals surface area contributed by atoms with Crippen LogP contribution in [0.3, 0.4) is 0 Å². The van der Waals surface area contributed by atoms with Gasteiger partial charge in [0.15, 0.2) is 5.96 Å². The van der Waals surface area contributed by atoms with Gasteiger partial charge < -0.3 is 10.2 Å². The number of hydrogen-bond donors (Lipinski definition) is 1. The van der Waals surface area contributed by atoms with Crippen molar-refractivity contribution in [3.05, 3.63) is 48.0 Å². The molecule has 2 aromatic rings. The smallest absolute Gasteiger partial charge is 0.193 e. The summed E-state index contributed by atoms with van der Waals surface area (Å²) in [5, 5.41) is 7.73. The molecule has 146 valence electrons. The van der Waals surface area contributed by atoms with Crippen molar-refractivity contribution in [1.29, 1.82) is 0 Å². The zero-order chi connectivity index (χ0) is 19.1. The highest BCUT2D eigenvalue weighted by Gasteiger charge is 2.29. The number of nitrogens with one attached hydrogen (secondary N) is 1. The first-order valence-corrected chi connectivity index (χ1v) is 10.1. The number of rotatable bonds is 7. The fourth-order valence-electron chi connectivity index (χ4n) is 4.17. The van der Waals surface area contributed by atoms with Gasteiger partial charge in [0.05, 0.1) is 6.54 Å². The summed E-state index contributed by atoms with van der Waals surface area (Å²) in [4.78, 5) is 10.9. The molecule has 0 aliphatic carbocycles. The van der Waals surface area contributed by atoms with Crippen LogP contribution in [0.5, 0.6) is 0 Å². The van der Waals surface area contributed by atoms with Crippen LogP contribution < -0.4 is 5.32 Å². The molecule has 0 radical (unpaired) electrons. The molecule has 2 heterocycles. The van der Waals surface area contributed by atoms with Gasteiger partial charge >= 0.3 is 0 Å². The SMILES string of the molecule is CCC(CC)C1CCN(C(=NC)NCc2cccc(Cn3cncn3)c2)C1. The summed E-state index contributed by atoms with van der Waals surface area (Å²) < 4.78 is 1.84. The summed E-state index contributed by atoms with van der Waals surface area (Å²) >= 11 is 0. The van der Waals surface area contributed by atoms with Crippen molar-refractivity contribution in [3.8, 4) is 0 Å². The Labute approximate surface area is 162 Å². The second kappa shape index (κ2) is 9.53. The third-order valence-corrected chi connectivity index (χ3v) is 5.70. The molecule has 1 aromatic heterocycles. The van der Waals surface area contributed by atoms with Gasteiger partial charge in [0.25, 0.3) is 0 Å². The molecule has 1 aliphatic heterocycles. The van der Waals surface area contributed by atoms with Crippen LogP contribution >= 0.6 is 0 Å². The maximum Gasteiger partial charge on any atom is 0.193 e. The maximum absolute atomic E-state index is 4.52. The van der Waals surface area contributed by atoms with Crippen LogP contribution in [-0.2, 0) is 13.1 Å². The fourth-order valence-corrected chi connectivity index (χ4v) is 4.17. The molecule has 1 aliphatic rings. The number of aliphatic imine (C=N–C) groups is 1. The van der Waals surface area contributed by atoms with Gasteiger partial charge in [-0.05, 0) is 29.4 Å². The van der Waals surface area contributed by atoms with Gasteiger partial charge in [0, 0.05) is 26.7 Å². The molecular weight excluding hydrogens is 336 g/mol. The number of hydrogen-bond acceptors (Lipinski definition) is 3. The first-order chi connectivity index (χ1) is 13.2. The molecule has 6 nitrogen and oxygen atoms in total. The molecule has 6 heteroatoms. The van der Waals surface area contributed by atoms with E-state index in [2.05, 4.69) is 63.4 Å². The minimum Gasteiger partial charge on any atom is -0.352 e. The number of aromatic nitrogens is 3. The molecule has 1 atom stereocenters. The Morgan fingerprint density at radius 1 is 1.30 bits per heavy atom. The number of nitrogens with zero attached hydrogens (tertiary/aromatic N) is 5. The summed E-state index contributed by atoms with van der Waals surface area (Å²) in [5.74, 6) is 2.65. The Morgan fingerprint density at radius 3 is 2.81 bits per heavy atom. The second-order valence-corrected chi connectivity index (χ2v) is 7.39. The molecule has 1 fully saturated rings. The molecule has 1 aromatic carbocycles. The van der Waals surface area contributed by atoms with Gasteiger partial charge in [0.2, 0.25) is 0 Å². The van der Waals surface area contributed by atoms with Crippen LogP contribution in [0.4, 0.5) is 0 Å². The van der Waals surface area contributed by atoms with Gasteiger partial charge in [-0.15, -0.1) is 0 Å². The van der Waals surface area contributed by atoms with E-state index in [0.717, 1.165) is 44.0 Å². The van der Waals surface area contributed by atoms with E-state index in [0.29, 0.717) is 0 Å². The lowest BCUT2D eigenvalue weighted by Crippen LogP contribution is -2.40. The Bertz CT molecular complexity index is 720. The van der Waals surface area contributed by atoms with Crippen molar-refractivity contribution < 1.29 is 0 Å². The van der Waals surface area contributed by atoms with E-state index < -0.39 is 0 Å². The fraction of sp³-hybridized carbons (Fsp3) is 0.571. The van der Waals surface area contributed by atoms with E-state index in [1.54, 1.807) is 12.7 Å². The zero-order valence-corrected chi connectivity index (χ0v) is 16.8. The Kier molecular flexibility index (Phi) is 6.85. The van der Waals surface area contributed by atoms with Gasteiger partial charge in [0.1, 0.15) is 12.7 Å². The lowest BCUT2D eigenvalue weighted by atomic mass is 9.87. The van der Waals surface area contributed by atoms with Crippen LogP contribution in [0.15, 0.2) is 41.9 Å². The third kappa shape index (κ3) is 5.08. The average molecular weight is 369 g/mol. The topological polar surface area (TPSA) is 58.3 Å². The summed E-state index contributed by atoms with van der Waals surface area (Å²) in [7, 11) is 1.88. The Balaban J connectivity index is 1.55. The van der Waals surface area contributed by atoms with Crippen molar-refractivity contribution in [2.75, 3.05) is 20.1 Å². The third-order valence-electron chi connectivity index (χ3n) is 5.70. The van der Waals surface area contributed by atoms with Gasteiger partial charge in [-0.3, -0.25) is 4.99 Å². The molecule has 0 saturated carbocycles. The highest BCUT2D eigenvalue weighted by molar-refractivity contribution is 5.80. The van der Waals surface area contributed by atoms with E-state index >= 15 is 0 Å². The quantitative estimate of drug-likeness (QED) is 0.602. The van der Waals surface area contributed by atoms with Crippen molar-refractivity contribution >= 4 is 5.96 Å². The summed E-state index contributed by atoms with van der Waals surface area (Å²) in [5.41, 5.74) is 2.48. The highest BCUT2D eigenvalue weighted by atomic mass is 15.3. The van der Waals surface area contributed by atoms with Crippen molar-refractivity contribution in [2.45, 2.75) is 46.2 Å². The summed E-state index contributed by atoms with van der Waals surface area (Å²) in [6.45, 7) is 8.38. The predicted octanol–water partition coefficient (Wildman–Crippen LogP) is 3.16. The van der Waals surface area contributed by atoms with Gasteiger partial charge in [-0.25, -0.2) is 9.67 Å². The van der Waals surface area contributed by atoms with Crippen LogP contribution in [0.25, 0.3) is 0 Å². The summed E-state index contributed by atoms with van der Waals surface area (Å²) in [6.07, 6.45) is 7.15. The summed E-state index contributed by atoms with van der Waals surface area (Å²) in [6, 6.07) is 8.60. The normalized spacial score (nSPS) is 17.7. The minimum absolute atomic E-state index is 0.742. The van der Waals surface area contributed by atoms with Crippen LogP contribution in [0.1, 0.15) is 44.2 Å². The number of likely N-dealkylation sites (tertiary alicyclic amines) is 1. The Morgan fingerprint density at radius 2 is 2.11 bits per heavy atom. The molecule has 1 unspecified atom stereocenters. The van der Waals surface area contributed by atoms with Gasteiger partial charge in [-0.1, -0.05) is 51.0 Å². The lowest BCUT2D eigenvalue weighted by Gasteiger charge is -2.24. The van der Waals surface area contributed by atoms with E-state index in [9.17, 15) is 0 Å². The standard InChI is InChI=1S/C21H32N6/c1-4-19(5-2)20-9-10-26(14-20)21(22-3)24-12-17-7-6-8-18(11-17)13-27-16-23-15-25-27/h6-8,11,15-16,19-20H,4-5,9-10,12-14H2,1-3H3,(H,22,24). The second-order valence-electron chi connectivity index (χ2n) is 7.39. The predicted molar refractivity (Wildman–Crippen MR) is 110 cm³/mol. The molecule has 1 saturated heterocycles. The van der Waals surface area contributed by atoms with Gasteiger partial charge in [-0.2, -0.15) is 5.10 Å². The minimum atomic E-state index is 0.742. The Hall–Kier alpha value is -2.37. The molecule has 1 N–H and O–H groups in total. The molecule has 0 amide bonds. The first-order valence-electron chi connectivity index (χ1n) is 10.1. The van der Waals surface area contributed by atoms with E-state index in [1.807, 2.05) is 11.7 Å². The van der Waals surface area contributed by atoms with Crippen LogP contribution in [-0.4, -0.2) is 45.8 Å². The van der Waals surface area contributed by atoms with Crippen molar-refractivity contribution in [1.82, 2.24) is 25.0 Å². The van der Waals surface area contributed by atoms with E-state index in [4.69, 9.17) is 0 Å². The van der Waals surface area contributed by atoms with E-state index in [-0.39, 0.29) is 0 Å². The molecule has 3 rings (SSSR count). The number of guanidine groups is 1. The first kappa shape index (κ1) is 19.4.